The van der Waals surface area contributed by atoms with Gasteiger partial charge in [0, 0.05) is 31.9 Å². The monoisotopic (exact) mass is 402 g/mol. The smallest absolute Gasteiger partial charge is 0.338 e. The molecule has 6 nitrogen and oxygen atoms in total. The van der Waals surface area contributed by atoms with Crippen molar-refractivity contribution in [3.05, 3.63) is 47.8 Å². The van der Waals surface area contributed by atoms with E-state index in [-0.39, 0.29) is 19.5 Å². The maximum Gasteiger partial charge on any atom is 0.338 e. The fourth-order valence-electron chi connectivity index (χ4n) is 1.82. The van der Waals surface area contributed by atoms with Crippen LogP contribution < -0.4 is 0 Å². The zero-order valence-electron chi connectivity index (χ0n) is 12.8. The third kappa shape index (κ3) is 4.93. The first-order chi connectivity index (χ1) is 10.7. The second-order valence-electron chi connectivity index (χ2n) is 4.30. The Labute approximate surface area is 147 Å². The Morgan fingerprint density at radius 1 is 0.870 bits per heavy atom. The zero-order valence-corrected chi connectivity index (χ0v) is 14.5. The second-order valence-corrected chi connectivity index (χ2v) is 4.30. The molecule has 0 fully saturated rings. The second kappa shape index (κ2) is 9.10. The van der Waals surface area contributed by atoms with Crippen LogP contribution in [0.4, 0.5) is 0 Å². The van der Waals surface area contributed by atoms with Crippen LogP contribution in [0.15, 0.2) is 36.7 Å². The van der Waals surface area contributed by atoms with Gasteiger partial charge in [0.2, 0.25) is 0 Å². The van der Waals surface area contributed by atoms with Crippen LogP contribution in [-0.2, 0) is 29.0 Å². The van der Waals surface area contributed by atoms with E-state index in [0.717, 1.165) is 0 Å². The molecule has 0 spiro atoms. The number of ether oxygens (including phenoxy) is 2. The molecule has 122 valence electrons. The molecule has 0 aliphatic rings. The molecule has 2 heterocycles. The van der Waals surface area contributed by atoms with Gasteiger partial charge in [-0.1, -0.05) is 0 Å². The number of pyridine rings is 2. The van der Waals surface area contributed by atoms with Crippen LogP contribution in [0.3, 0.4) is 0 Å². The quantitative estimate of drug-likeness (QED) is 0.566. The Morgan fingerprint density at radius 2 is 1.26 bits per heavy atom. The molecule has 0 saturated carbocycles. The van der Waals surface area contributed by atoms with Crippen LogP contribution in [0.1, 0.15) is 34.6 Å². The molecule has 0 unspecified atom stereocenters. The molecule has 2 aromatic rings. The summed E-state index contributed by atoms with van der Waals surface area (Å²) in [6.45, 7) is 4.08. The predicted octanol–water partition coefficient (Wildman–Crippen LogP) is 2.49. The summed E-state index contributed by atoms with van der Waals surface area (Å²) in [6.07, 6.45) is 3.00. The molecule has 0 aromatic carbocycles. The van der Waals surface area contributed by atoms with E-state index in [2.05, 4.69) is 9.97 Å². The van der Waals surface area contributed by atoms with Gasteiger partial charge < -0.3 is 9.47 Å². The van der Waals surface area contributed by atoms with Crippen molar-refractivity contribution in [3.63, 3.8) is 0 Å². The van der Waals surface area contributed by atoms with Crippen LogP contribution in [0.25, 0.3) is 11.4 Å². The number of aromatic nitrogens is 2. The minimum absolute atomic E-state index is 0. The van der Waals surface area contributed by atoms with E-state index in [1.54, 1.807) is 38.1 Å². The van der Waals surface area contributed by atoms with Crippen molar-refractivity contribution in [2.24, 2.45) is 0 Å². The van der Waals surface area contributed by atoms with Gasteiger partial charge in [-0.05, 0) is 38.1 Å². The van der Waals surface area contributed by atoms with Crippen LogP contribution in [0.5, 0.6) is 0 Å². The minimum Gasteiger partial charge on any atom is -0.462 e. The first-order valence-corrected chi connectivity index (χ1v) is 6.92. The minimum atomic E-state index is -0.423. The van der Waals surface area contributed by atoms with Crippen LogP contribution in [0, 0.1) is 0 Å². The Balaban J connectivity index is 0.00000264. The Kier molecular flexibility index (Phi) is 7.49. The standard InChI is InChI=1S/C16H16N2O4.Ru/c1-3-21-15(19)11-5-7-17-13(9-11)14-10-12(6-8-18-14)16(20)22-4-2;/h5-10H,3-4H2,1-2H3;. The fraction of sp³-hybridized carbons (Fsp3) is 0.250. The number of nitrogens with zero attached hydrogens (tertiary/aromatic N) is 2. The van der Waals surface area contributed by atoms with Gasteiger partial charge in [0.25, 0.3) is 0 Å². The van der Waals surface area contributed by atoms with Gasteiger partial charge in [-0.25, -0.2) is 9.59 Å². The first kappa shape index (κ1) is 18.9. The number of hydrogen-bond acceptors (Lipinski definition) is 6. The number of rotatable bonds is 5. The van der Waals surface area contributed by atoms with Gasteiger partial charge in [-0.3, -0.25) is 9.97 Å². The van der Waals surface area contributed by atoms with E-state index in [9.17, 15) is 9.59 Å². The molecule has 2 rings (SSSR count). The van der Waals surface area contributed by atoms with E-state index in [0.29, 0.717) is 35.7 Å². The van der Waals surface area contributed by atoms with Gasteiger partial charge >= 0.3 is 11.9 Å². The van der Waals surface area contributed by atoms with Crippen LogP contribution in [0.2, 0.25) is 0 Å². The van der Waals surface area contributed by atoms with Crippen molar-refractivity contribution in [3.8, 4) is 11.4 Å². The first-order valence-electron chi connectivity index (χ1n) is 6.92. The number of carbonyl (C=O) groups is 2. The van der Waals surface area contributed by atoms with E-state index in [4.69, 9.17) is 9.47 Å². The summed E-state index contributed by atoms with van der Waals surface area (Å²) < 4.78 is 9.90. The maximum absolute atomic E-state index is 11.7. The van der Waals surface area contributed by atoms with Crippen molar-refractivity contribution in [2.45, 2.75) is 13.8 Å². The molecule has 0 bridgehead atoms. The van der Waals surface area contributed by atoms with E-state index < -0.39 is 11.9 Å². The van der Waals surface area contributed by atoms with Crippen molar-refractivity contribution in [2.75, 3.05) is 13.2 Å². The number of esters is 2. The summed E-state index contributed by atoms with van der Waals surface area (Å²) in [5.74, 6) is -0.847. The summed E-state index contributed by atoms with van der Waals surface area (Å²) in [5.41, 5.74) is 1.73. The molecule has 0 aliphatic heterocycles. The molecule has 0 aliphatic carbocycles. The molecule has 0 atom stereocenters. The molecule has 2 aromatic heterocycles. The Hall–Kier alpha value is -2.14. The van der Waals surface area contributed by atoms with Crippen molar-refractivity contribution >= 4 is 11.9 Å². The Morgan fingerprint density at radius 3 is 1.61 bits per heavy atom. The molecule has 0 N–H and O–H groups in total. The normalized spacial score (nSPS) is 9.65. The van der Waals surface area contributed by atoms with Gasteiger partial charge in [0.15, 0.2) is 0 Å². The third-order valence-corrected chi connectivity index (χ3v) is 2.80. The summed E-state index contributed by atoms with van der Waals surface area (Å²) in [4.78, 5) is 31.8. The van der Waals surface area contributed by atoms with Crippen molar-refractivity contribution in [1.82, 2.24) is 9.97 Å². The molecular formula is C16H16N2O4Ru. The van der Waals surface area contributed by atoms with Crippen LogP contribution >= 0.6 is 0 Å². The molecule has 0 amide bonds. The van der Waals surface area contributed by atoms with E-state index in [1.807, 2.05) is 0 Å². The molecule has 0 radical (unpaired) electrons. The zero-order chi connectivity index (χ0) is 15.9. The SMILES string of the molecule is CCOC(=O)c1ccnc(-c2cc(C(=O)OCC)ccn2)c1.[Ru]. The van der Waals surface area contributed by atoms with E-state index >= 15 is 0 Å². The maximum atomic E-state index is 11.7. The average molecular weight is 401 g/mol. The topological polar surface area (TPSA) is 78.4 Å². The fourth-order valence-corrected chi connectivity index (χ4v) is 1.82. The van der Waals surface area contributed by atoms with E-state index in [1.165, 1.54) is 12.4 Å². The summed E-state index contributed by atoms with van der Waals surface area (Å²) in [5, 5.41) is 0. The number of carbonyl (C=O) groups excluding carboxylic acids is 2. The molecule has 23 heavy (non-hydrogen) atoms. The van der Waals surface area contributed by atoms with Gasteiger partial charge in [0.05, 0.1) is 35.7 Å². The number of hydrogen-bond donors (Lipinski definition) is 0. The van der Waals surface area contributed by atoms with Crippen molar-refractivity contribution < 1.29 is 38.5 Å². The summed E-state index contributed by atoms with van der Waals surface area (Å²) in [6, 6.07) is 6.29. The largest absolute Gasteiger partial charge is 0.462 e. The Bertz CT molecular complexity index is 632. The van der Waals surface area contributed by atoms with Crippen molar-refractivity contribution in [1.29, 1.82) is 0 Å². The van der Waals surface area contributed by atoms with Crippen LogP contribution in [-0.4, -0.2) is 35.1 Å². The molecule has 0 saturated heterocycles. The summed E-state index contributed by atoms with van der Waals surface area (Å²) in [7, 11) is 0. The third-order valence-electron chi connectivity index (χ3n) is 2.80. The predicted molar refractivity (Wildman–Crippen MR) is 79.4 cm³/mol. The average Bonchev–Trinajstić information content (AvgIpc) is 2.55. The van der Waals surface area contributed by atoms with Gasteiger partial charge in [-0.2, -0.15) is 0 Å². The molecule has 7 heteroatoms. The summed E-state index contributed by atoms with van der Waals surface area (Å²) >= 11 is 0. The van der Waals surface area contributed by atoms with Gasteiger partial charge in [0.1, 0.15) is 0 Å². The molecular weight excluding hydrogens is 385 g/mol. The van der Waals surface area contributed by atoms with Gasteiger partial charge in [-0.15, -0.1) is 0 Å².